The molecule has 1 amide bonds. The van der Waals surface area contributed by atoms with Gasteiger partial charge in [-0.15, -0.1) is 0 Å². The maximum Gasteiger partial charge on any atom is 0.255 e. The third-order valence-electron chi connectivity index (χ3n) is 4.08. The van der Waals surface area contributed by atoms with Gasteiger partial charge in [0, 0.05) is 82.2 Å². The van der Waals surface area contributed by atoms with Gasteiger partial charge >= 0.3 is 0 Å². The van der Waals surface area contributed by atoms with Gasteiger partial charge in [-0.2, -0.15) is 0 Å². The molecule has 150 valence electrons. The van der Waals surface area contributed by atoms with E-state index in [-0.39, 0.29) is 82.3 Å². The summed E-state index contributed by atoms with van der Waals surface area (Å²) in [5.41, 5.74) is 6.16. The first-order valence-electron chi connectivity index (χ1n) is 8.51. The zero-order valence-corrected chi connectivity index (χ0v) is 22.8. The van der Waals surface area contributed by atoms with E-state index >= 15 is 0 Å². The van der Waals surface area contributed by atoms with Gasteiger partial charge in [-0.05, 0) is 36.2 Å². The molecule has 0 spiro atoms. The van der Waals surface area contributed by atoms with Crippen molar-refractivity contribution in [1.82, 2.24) is 5.12 Å². The molecule has 7 nitrogen and oxygen atoms in total. The van der Waals surface area contributed by atoms with Crippen molar-refractivity contribution in [2.75, 3.05) is 12.4 Å². The summed E-state index contributed by atoms with van der Waals surface area (Å²) in [4.78, 5) is 12.6. The number of benzene rings is 2. The predicted octanol–water partition coefficient (Wildman–Crippen LogP) is 4.23. The van der Waals surface area contributed by atoms with Crippen molar-refractivity contribution in [2.24, 2.45) is 0 Å². The van der Waals surface area contributed by atoms with Gasteiger partial charge in [-0.3, -0.25) is 10.6 Å². The number of aliphatic hydroxyl groups is 1. The van der Waals surface area contributed by atoms with Crippen molar-refractivity contribution < 1.29 is 75.3 Å². The van der Waals surface area contributed by atoms with Crippen LogP contribution in [0, 0.1) is 0 Å². The largest absolute Gasteiger partial charge is 0.823 e. The quantitative estimate of drug-likeness (QED) is 0.334. The number of amides is 1. The van der Waals surface area contributed by atoms with Crippen LogP contribution in [-0.2, 0) is 77.4 Å². The van der Waals surface area contributed by atoms with Crippen molar-refractivity contribution in [3.8, 4) is 0 Å². The third kappa shape index (κ3) is 7.91. The normalized spacial score (nSPS) is 10.6. The van der Waals surface area contributed by atoms with Crippen molar-refractivity contribution >= 4 is 17.4 Å². The number of aliphatic hydroxyl groups excluding tert-OH is 1. The Hall–Kier alpha value is -0.532. The molecule has 9 heteroatoms. The predicted molar refractivity (Wildman–Crippen MR) is 108 cm³/mol. The first-order chi connectivity index (χ1) is 12.6. The number of hydrogen-bond acceptors (Lipinski definition) is 3. The second-order valence-corrected chi connectivity index (χ2v) is 7.22. The molecule has 0 bridgehead atoms. The number of nitrogens with zero attached hydrogens (tertiary/aromatic N) is 3. The molecule has 0 saturated carbocycles. The first kappa shape index (κ1) is 28.5. The summed E-state index contributed by atoms with van der Waals surface area (Å²) in [7, 11) is 1.35. The number of nitrogens with one attached hydrogen (secondary N) is 2. The van der Waals surface area contributed by atoms with E-state index in [0.29, 0.717) is 21.9 Å². The molecule has 0 saturated heterocycles. The summed E-state index contributed by atoms with van der Waals surface area (Å²) in [5.74, 6) is 6.54. The molecular weight excluding hydrogens is 520 g/mol. The first-order valence-corrected chi connectivity index (χ1v) is 8.51. The monoisotopic (exact) mass is 544 g/mol. The van der Waals surface area contributed by atoms with E-state index in [1.54, 1.807) is 30.3 Å². The maximum absolute atomic E-state index is 12.6. The van der Waals surface area contributed by atoms with Crippen molar-refractivity contribution in [1.29, 1.82) is 0 Å². The molecule has 2 aromatic rings. The number of rotatable bonds is 5. The molecule has 0 aliphatic heterocycles. The van der Waals surface area contributed by atoms with E-state index in [4.69, 9.17) is 5.84 Å². The minimum atomic E-state index is -0.415. The molecule has 0 aliphatic carbocycles. The van der Waals surface area contributed by atoms with Gasteiger partial charge in [0.15, 0.2) is 0 Å². The third-order valence-corrected chi connectivity index (χ3v) is 4.08. The van der Waals surface area contributed by atoms with Crippen LogP contribution in [0.15, 0.2) is 42.5 Å². The Morgan fingerprint density at radius 2 is 1.76 bits per heavy atom. The second-order valence-electron chi connectivity index (χ2n) is 7.22. The minimum absolute atomic E-state index is 0. The van der Waals surface area contributed by atoms with Gasteiger partial charge in [0.05, 0.1) is 6.61 Å². The van der Waals surface area contributed by atoms with E-state index in [1.807, 2.05) is 12.1 Å². The molecule has 2 rings (SSSR count). The molecule has 0 atom stereocenters. The van der Waals surface area contributed by atoms with Gasteiger partial charge in [0.1, 0.15) is 0 Å². The van der Waals surface area contributed by atoms with Crippen molar-refractivity contribution in [2.45, 2.75) is 32.8 Å². The van der Waals surface area contributed by atoms with Crippen LogP contribution in [0.3, 0.4) is 0 Å². The number of carbonyl (C=O) groups is 1. The molecule has 2 aromatic carbocycles. The number of hydrogen-bond donors (Lipinski definition) is 2. The van der Waals surface area contributed by atoms with E-state index in [2.05, 4.69) is 31.5 Å². The van der Waals surface area contributed by atoms with Crippen LogP contribution >= 0.6 is 0 Å². The number of anilines is 1. The topological polar surface area (TPSA) is 113 Å². The zero-order chi connectivity index (χ0) is 20.2. The molecule has 2 radical (unpaired) electrons. The average Bonchev–Trinajstić information content (AvgIpc) is 2.60. The van der Waals surface area contributed by atoms with E-state index in [0.717, 1.165) is 5.56 Å². The van der Waals surface area contributed by atoms with Crippen LogP contribution in [0.2, 0.25) is 0 Å². The summed E-state index contributed by atoms with van der Waals surface area (Å²) in [5, 5.41) is 23.2. The molecule has 3 N–H and O–H groups in total. The Morgan fingerprint density at radius 1 is 1.17 bits per heavy atom. The van der Waals surface area contributed by atoms with Crippen LogP contribution in [0.25, 0.3) is 16.7 Å². The van der Waals surface area contributed by atoms with E-state index in [9.17, 15) is 15.3 Å². The molecule has 0 heterocycles. The van der Waals surface area contributed by atoms with Crippen LogP contribution in [0.5, 0.6) is 0 Å². The van der Waals surface area contributed by atoms with E-state index in [1.165, 1.54) is 7.05 Å². The van der Waals surface area contributed by atoms with Crippen LogP contribution < -0.4 is 5.32 Å². The SMILES string of the molecule is CN([NH-])[N-]C(=[N-])c1cccc(NC(=O)c2ccc(C(C)(C)C)cc2)c1CO.[Y].[Y]. The Bertz CT molecular complexity index is 834. The fourth-order valence-corrected chi connectivity index (χ4v) is 2.60. The molecule has 0 unspecified atom stereocenters. The maximum atomic E-state index is 12.6. The summed E-state index contributed by atoms with van der Waals surface area (Å²) >= 11 is 0. The van der Waals surface area contributed by atoms with Crippen LogP contribution in [0.1, 0.15) is 47.8 Å². The summed E-state index contributed by atoms with van der Waals surface area (Å²) in [6, 6.07) is 12.2. The van der Waals surface area contributed by atoms with Crippen molar-refractivity contribution in [3.05, 3.63) is 81.4 Å². The smallest absolute Gasteiger partial charge is 0.255 e. The fraction of sp³-hybridized carbons (Fsp3) is 0.300. The van der Waals surface area contributed by atoms with Gasteiger partial charge < -0.3 is 32.2 Å². The van der Waals surface area contributed by atoms with Gasteiger partial charge in [0.25, 0.3) is 5.91 Å². The van der Waals surface area contributed by atoms with Gasteiger partial charge in [-0.1, -0.05) is 50.6 Å². The standard InChI is InChI=1S/C20H25N5O2.2Y/c1-20(2,3)14-10-8-13(9-11-14)19(27)23-17-7-5-6-15(16(17)12-26)18(21)24-25(4)22;;/h5-11,22,26H,12H2,1-4H3,(H2-,21,23,24,27);;/q-2;;/p-1. The van der Waals surface area contributed by atoms with Crippen LogP contribution in [0.4, 0.5) is 5.69 Å². The molecular formula is C20H24N5O2Y2-3. The molecule has 0 fully saturated rings. The Kier molecular flexibility index (Phi) is 12.1. The van der Waals surface area contributed by atoms with Crippen LogP contribution in [-0.4, -0.2) is 29.0 Å². The van der Waals surface area contributed by atoms with Gasteiger partial charge in [0.2, 0.25) is 0 Å². The average molecular weight is 544 g/mol. The Labute approximate surface area is 222 Å². The van der Waals surface area contributed by atoms with Crippen molar-refractivity contribution in [3.63, 3.8) is 0 Å². The molecule has 0 aromatic heterocycles. The number of carbonyl (C=O) groups excluding carboxylic acids is 1. The Balaban J connectivity index is 0.00000392. The zero-order valence-electron chi connectivity index (χ0n) is 17.1. The molecule has 29 heavy (non-hydrogen) atoms. The summed E-state index contributed by atoms with van der Waals surface area (Å²) in [6.07, 6.45) is 0. The summed E-state index contributed by atoms with van der Waals surface area (Å²) in [6.45, 7) is 5.90. The number of amidine groups is 1. The summed E-state index contributed by atoms with van der Waals surface area (Å²) < 4.78 is 0. The second kappa shape index (κ2) is 12.4. The van der Waals surface area contributed by atoms with E-state index < -0.39 is 12.4 Å². The fourth-order valence-electron chi connectivity index (χ4n) is 2.60. The van der Waals surface area contributed by atoms with Gasteiger partial charge in [-0.25, -0.2) is 0 Å². The molecule has 0 aliphatic rings. The Morgan fingerprint density at radius 3 is 2.24 bits per heavy atom. The minimum Gasteiger partial charge on any atom is -0.823 e.